The van der Waals surface area contributed by atoms with Crippen LogP contribution in [0.4, 0.5) is 0 Å². The molecule has 1 aromatic heterocycles. The highest BCUT2D eigenvalue weighted by atomic mass is 16.6. The average Bonchev–Trinajstić information content (AvgIpc) is 2.37. The number of hydrogen-bond donors (Lipinski definition) is 1. The molecule has 0 fully saturated rings. The summed E-state index contributed by atoms with van der Waals surface area (Å²) < 4.78 is 0. The van der Waals surface area contributed by atoms with Crippen molar-refractivity contribution in [2.24, 2.45) is 5.92 Å². The summed E-state index contributed by atoms with van der Waals surface area (Å²) in [5, 5.41) is 14.4. The van der Waals surface area contributed by atoms with Gasteiger partial charge in [0, 0.05) is 24.7 Å². The largest absolute Gasteiger partial charge is 0.304 e. The minimum absolute atomic E-state index is 0.0200. The molecule has 2 atom stereocenters. The van der Waals surface area contributed by atoms with Crippen LogP contribution in [0.2, 0.25) is 0 Å². The molecule has 1 aliphatic heterocycles. The Balaban J connectivity index is 2.18. The molecule has 0 saturated heterocycles. The van der Waals surface area contributed by atoms with E-state index >= 15 is 0 Å². The summed E-state index contributed by atoms with van der Waals surface area (Å²) >= 11 is 0. The molecule has 0 radical (unpaired) electrons. The van der Waals surface area contributed by atoms with E-state index in [9.17, 15) is 10.1 Å². The van der Waals surface area contributed by atoms with Crippen molar-refractivity contribution < 1.29 is 4.92 Å². The number of fused-ring (bicyclic) bond motifs is 3. The second-order valence-electron chi connectivity index (χ2n) is 4.14. The fourth-order valence-electron chi connectivity index (χ4n) is 2.41. The van der Waals surface area contributed by atoms with Crippen LogP contribution in [0.25, 0.3) is 5.70 Å². The monoisotopic (exact) mass is 229 g/mol. The zero-order valence-corrected chi connectivity index (χ0v) is 9.04. The highest BCUT2D eigenvalue weighted by Gasteiger charge is 2.35. The van der Waals surface area contributed by atoms with Crippen LogP contribution in [0.3, 0.4) is 0 Å². The van der Waals surface area contributed by atoms with Crippen LogP contribution in [0, 0.1) is 16.0 Å². The van der Waals surface area contributed by atoms with E-state index in [-0.39, 0.29) is 22.6 Å². The molecule has 3 rings (SSSR count). The van der Waals surface area contributed by atoms with Crippen LogP contribution in [0.15, 0.2) is 36.6 Å². The van der Waals surface area contributed by atoms with Gasteiger partial charge in [-0.2, -0.15) is 0 Å². The van der Waals surface area contributed by atoms with Gasteiger partial charge >= 0.3 is 0 Å². The van der Waals surface area contributed by atoms with Crippen molar-refractivity contribution in [1.29, 1.82) is 0 Å². The summed E-state index contributed by atoms with van der Waals surface area (Å²) in [7, 11) is 0. The topological polar surface area (TPSA) is 68.1 Å². The molecule has 2 unspecified atom stereocenters. The third-order valence-corrected chi connectivity index (χ3v) is 3.15. The number of hydrogen-bond acceptors (Lipinski definition) is 4. The lowest BCUT2D eigenvalue weighted by Gasteiger charge is -2.30. The fourth-order valence-corrected chi connectivity index (χ4v) is 2.41. The lowest BCUT2D eigenvalue weighted by molar-refractivity contribution is -0.376. The Morgan fingerprint density at radius 3 is 3.24 bits per heavy atom. The number of nitrogens with one attached hydrogen (secondary N) is 1. The molecule has 1 aromatic rings. The smallest absolute Gasteiger partial charge is 0.275 e. The molecule has 1 aliphatic carbocycles. The molecule has 2 aliphatic rings. The van der Waals surface area contributed by atoms with Gasteiger partial charge < -0.3 is 5.32 Å². The van der Waals surface area contributed by atoms with Gasteiger partial charge in [-0.3, -0.25) is 15.1 Å². The Morgan fingerprint density at radius 1 is 1.53 bits per heavy atom. The Kier molecular flexibility index (Phi) is 2.26. The molecule has 17 heavy (non-hydrogen) atoms. The fraction of sp³-hybridized carbons (Fsp3) is 0.250. The van der Waals surface area contributed by atoms with Gasteiger partial charge in [-0.05, 0) is 12.1 Å². The van der Waals surface area contributed by atoms with E-state index in [0.717, 1.165) is 12.2 Å². The third-order valence-electron chi connectivity index (χ3n) is 3.15. The van der Waals surface area contributed by atoms with Gasteiger partial charge in [0.25, 0.3) is 5.70 Å². The number of pyridine rings is 1. The highest BCUT2D eigenvalue weighted by molar-refractivity contribution is 5.64. The summed E-state index contributed by atoms with van der Waals surface area (Å²) in [6.07, 6.45) is 7.38. The maximum atomic E-state index is 11.1. The van der Waals surface area contributed by atoms with Gasteiger partial charge in [-0.1, -0.05) is 12.2 Å². The van der Waals surface area contributed by atoms with Crippen LogP contribution in [-0.4, -0.2) is 16.5 Å². The zero-order chi connectivity index (χ0) is 11.8. The van der Waals surface area contributed by atoms with Crippen LogP contribution in [0.1, 0.15) is 17.3 Å². The third kappa shape index (κ3) is 1.55. The maximum absolute atomic E-state index is 11.1. The van der Waals surface area contributed by atoms with Crippen molar-refractivity contribution in [2.75, 3.05) is 6.54 Å². The van der Waals surface area contributed by atoms with E-state index in [0.29, 0.717) is 5.56 Å². The quantitative estimate of drug-likeness (QED) is 0.450. The Labute approximate surface area is 98.0 Å². The number of aromatic nitrogens is 1. The summed E-state index contributed by atoms with van der Waals surface area (Å²) in [4.78, 5) is 15.0. The Morgan fingerprint density at radius 2 is 2.41 bits per heavy atom. The van der Waals surface area contributed by atoms with Gasteiger partial charge in [0.05, 0.1) is 22.2 Å². The molecule has 5 nitrogen and oxygen atoms in total. The first-order chi connectivity index (χ1) is 8.27. The molecule has 0 bridgehead atoms. The molecule has 1 N–H and O–H groups in total. The van der Waals surface area contributed by atoms with Crippen molar-refractivity contribution in [3.63, 3.8) is 0 Å². The molecule has 5 heteroatoms. The summed E-state index contributed by atoms with van der Waals surface area (Å²) in [6, 6.07) is 3.54. The van der Waals surface area contributed by atoms with E-state index in [4.69, 9.17) is 0 Å². The molecule has 86 valence electrons. The van der Waals surface area contributed by atoms with Crippen LogP contribution in [0.5, 0.6) is 0 Å². The molecule has 0 saturated carbocycles. The number of nitro groups is 1. The molecule has 0 aromatic carbocycles. The van der Waals surface area contributed by atoms with E-state index in [2.05, 4.69) is 10.3 Å². The normalized spacial score (nSPS) is 25.8. The summed E-state index contributed by atoms with van der Waals surface area (Å²) in [6.45, 7) is 0.777. The van der Waals surface area contributed by atoms with Crippen molar-refractivity contribution in [1.82, 2.24) is 10.3 Å². The van der Waals surface area contributed by atoms with E-state index in [1.165, 1.54) is 0 Å². The molecule has 0 amide bonds. The van der Waals surface area contributed by atoms with Crippen molar-refractivity contribution >= 4 is 5.70 Å². The average molecular weight is 229 g/mol. The van der Waals surface area contributed by atoms with Gasteiger partial charge in [-0.15, -0.1) is 0 Å². The lowest BCUT2D eigenvalue weighted by atomic mass is 9.84. The molecular weight excluding hydrogens is 218 g/mol. The summed E-state index contributed by atoms with van der Waals surface area (Å²) in [5.74, 6) is 0.0200. The van der Waals surface area contributed by atoms with Crippen LogP contribution in [-0.2, 0) is 0 Å². The van der Waals surface area contributed by atoms with Crippen molar-refractivity contribution in [2.45, 2.75) is 6.04 Å². The number of nitrogens with zero attached hydrogens (tertiary/aromatic N) is 2. The predicted molar refractivity (Wildman–Crippen MR) is 62.6 cm³/mol. The number of rotatable bonds is 1. The standard InChI is InChI=1S/C12H11N3O2/c16-15(17)10-7-8-3-1-5-13-11(8)12-9(10)4-2-6-14-12/h1-4,6-8,11,13H,5H2. The first kappa shape index (κ1) is 10.2. The van der Waals surface area contributed by atoms with Gasteiger partial charge in [-0.25, -0.2) is 0 Å². The second-order valence-corrected chi connectivity index (χ2v) is 4.14. The first-order valence-electron chi connectivity index (χ1n) is 5.49. The van der Waals surface area contributed by atoms with Crippen LogP contribution >= 0.6 is 0 Å². The SMILES string of the molecule is O=[N+]([O-])C1=CC2C=CCNC2c2ncccc21. The van der Waals surface area contributed by atoms with Gasteiger partial charge in [0.1, 0.15) is 0 Å². The van der Waals surface area contributed by atoms with Crippen molar-refractivity contribution in [3.05, 3.63) is 57.9 Å². The van der Waals surface area contributed by atoms with Crippen molar-refractivity contribution in [3.8, 4) is 0 Å². The lowest BCUT2D eigenvalue weighted by Crippen LogP contribution is -2.34. The van der Waals surface area contributed by atoms with Gasteiger partial charge in [0.15, 0.2) is 0 Å². The second kappa shape index (κ2) is 3.78. The van der Waals surface area contributed by atoms with E-state index < -0.39 is 0 Å². The minimum Gasteiger partial charge on any atom is -0.304 e. The van der Waals surface area contributed by atoms with Gasteiger partial charge in [0.2, 0.25) is 0 Å². The van der Waals surface area contributed by atoms with Crippen LogP contribution < -0.4 is 5.32 Å². The van der Waals surface area contributed by atoms with E-state index in [1.807, 2.05) is 12.2 Å². The molecular formula is C12H11N3O2. The molecule has 2 heterocycles. The van der Waals surface area contributed by atoms with E-state index in [1.54, 1.807) is 24.4 Å². The zero-order valence-electron chi connectivity index (χ0n) is 9.04. The minimum atomic E-state index is -0.334. The first-order valence-corrected chi connectivity index (χ1v) is 5.49. The highest BCUT2D eigenvalue weighted by Crippen LogP contribution is 2.37. The maximum Gasteiger partial charge on any atom is 0.275 e. The summed E-state index contributed by atoms with van der Waals surface area (Å²) in [5.41, 5.74) is 1.56. The predicted octanol–water partition coefficient (Wildman–Crippen LogP) is 1.53. The Hall–Kier alpha value is -2.01. The molecule has 0 spiro atoms. The Bertz CT molecular complexity index is 536.